The second kappa shape index (κ2) is 9.11. The average molecular weight is 551 g/mol. The average Bonchev–Trinajstić information content (AvgIpc) is 3.68. The molecule has 194 valence electrons. The predicted molar refractivity (Wildman–Crippen MR) is 167 cm³/mol. The Balaban J connectivity index is 1.32. The van der Waals surface area contributed by atoms with Crippen LogP contribution in [0.3, 0.4) is 0 Å². The maximum Gasteiger partial charge on any atom is 0.182 e. The van der Waals surface area contributed by atoms with Crippen molar-refractivity contribution in [3.05, 3.63) is 97.0 Å². The van der Waals surface area contributed by atoms with Crippen LogP contribution >= 0.6 is 22.7 Å². The van der Waals surface area contributed by atoms with Crippen LogP contribution < -0.4 is 9.64 Å². The minimum Gasteiger partial charge on any atom is -0.447 e. The number of pyridine rings is 1. The van der Waals surface area contributed by atoms with Gasteiger partial charge in [-0.2, -0.15) is 0 Å². The number of thiophene rings is 2. The van der Waals surface area contributed by atoms with Gasteiger partial charge in [0.2, 0.25) is 0 Å². The lowest BCUT2D eigenvalue weighted by molar-refractivity contribution is 0.490. The van der Waals surface area contributed by atoms with Crippen LogP contribution in [0.2, 0.25) is 0 Å². The van der Waals surface area contributed by atoms with Crippen molar-refractivity contribution >= 4 is 58.6 Å². The first kappa shape index (κ1) is 21.0. The summed E-state index contributed by atoms with van der Waals surface area (Å²) in [4.78, 5) is 8.12. The third-order valence-corrected chi connectivity index (χ3v) is 9.29. The number of benzene rings is 3. The Labute approximate surface area is 240 Å². The van der Waals surface area contributed by atoms with Gasteiger partial charge in [-0.3, -0.25) is 4.98 Å². The predicted octanol–water partition coefficient (Wildman–Crippen LogP) is 9.60. The van der Waals surface area contributed by atoms with Crippen molar-refractivity contribution in [1.29, 1.82) is 0 Å². The van der Waals surface area contributed by atoms with Crippen LogP contribution in [0.5, 0.6) is 10.8 Å². The van der Waals surface area contributed by atoms with Gasteiger partial charge in [0.15, 0.2) is 5.06 Å². The van der Waals surface area contributed by atoms with Crippen LogP contribution in [-0.2, 0) is 5.41 Å². The van der Waals surface area contributed by atoms with Crippen molar-refractivity contribution in [1.82, 2.24) is 9.88 Å². The summed E-state index contributed by atoms with van der Waals surface area (Å²) >= 11 is 3.43. The maximum atomic E-state index is 7.69. The normalized spacial score (nSPS) is 15.3. The van der Waals surface area contributed by atoms with Gasteiger partial charge in [0, 0.05) is 83.3 Å². The molecule has 1 aliphatic rings. The maximum absolute atomic E-state index is 7.69. The molecule has 6 aromatic rings. The van der Waals surface area contributed by atoms with Gasteiger partial charge >= 0.3 is 0 Å². The molecule has 0 unspecified atom stereocenters. The van der Waals surface area contributed by atoms with Crippen molar-refractivity contribution < 1.29 is 8.85 Å². The molecule has 0 amide bonds. The van der Waals surface area contributed by atoms with Gasteiger partial charge in [0.1, 0.15) is 5.75 Å². The molecule has 4 heterocycles. The van der Waals surface area contributed by atoms with E-state index >= 15 is 0 Å². The number of anilines is 1. The van der Waals surface area contributed by atoms with Crippen LogP contribution in [0, 0.1) is 0 Å². The lowest BCUT2D eigenvalue weighted by Crippen LogP contribution is -2.21. The Bertz CT molecular complexity index is 2000. The largest absolute Gasteiger partial charge is 0.447 e. The molecule has 6 heteroatoms. The summed E-state index contributed by atoms with van der Waals surface area (Å²) in [6.07, 6.45) is 5.31. The van der Waals surface area contributed by atoms with E-state index in [0.717, 1.165) is 32.1 Å². The second-order valence-corrected chi connectivity index (χ2v) is 13.0. The van der Waals surface area contributed by atoms with Gasteiger partial charge in [0.05, 0.1) is 12.4 Å². The zero-order valence-electron chi connectivity index (χ0n) is 24.9. The molecular formula is C33H29N3OS2. The molecule has 0 bridgehead atoms. The van der Waals surface area contributed by atoms with E-state index in [0.29, 0.717) is 5.75 Å². The van der Waals surface area contributed by atoms with Crippen LogP contribution in [0.4, 0.5) is 5.69 Å². The van der Waals surface area contributed by atoms with Crippen molar-refractivity contribution in [3.8, 4) is 22.1 Å². The van der Waals surface area contributed by atoms with Gasteiger partial charge in [-0.15, -0.1) is 11.3 Å². The van der Waals surface area contributed by atoms with Crippen molar-refractivity contribution in [2.75, 3.05) is 18.5 Å². The zero-order chi connectivity index (χ0) is 29.2. The summed E-state index contributed by atoms with van der Waals surface area (Å²) in [5, 5.41) is 4.40. The van der Waals surface area contributed by atoms with E-state index in [4.69, 9.17) is 13.8 Å². The van der Waals surface area contributed by atoms with Crippen LogP contribution in [0.15, 0.2) is 91.4 Å². The van der Waals surface area contributed by atoms with Gasteiger partial charge in [-0.05, 0) is 47.4 Å². The van der Waals surface area contributed by atoms with Crippen molar-refractivity contribution in [3.63, 3.8) is 0 Å². The number of rotatable bonds is 4. The molecule has 0 saturated carbocycles. The van der Waals surface area contributed by atoms with Crippen LogP contribution in [0.1, 0.15) is 30.4 Å². The minimum absolute atomic E-state index is 0.00382. The van der Waals surface area contributed by atoms with E-state index in [1.807, 2.05) is 46.7 Å². The first-order valence-corrected chi connectivity index (χ1v) is 14.5. The Morgan fingerprint density at radius 3 is 2.62 bits per heavy atom. The number of ether oxygens (including phenoxy) is 1. The summed E-state index contributed by atoms with van der Waals surface area (Å²) in [5.74, 6) is 0.696. The third kappa shape index (κ3) is 4.34. The Kier molecular flexibility index (Phi) is 4.91. The van der Waals surface area contributed by atoms with E-state index in [2.05, 4.69) is 69.3 Å². The fourth-order valence-corrected chi connectivity index (χ4v) is 7.33. The van der Waals surface area contributed by atoms with Gasteiger partial charge in [0.25, 0.3) is 0 Å². The molecule has 0 aliphatic carbocycles. The fourth-order valence-electron chi connectivity index (χ4n) is 5.10. The van der Waals surface area contributed by atoms with Gasteiger partial charge in [-0.25, -0.2) is 0 Å². The molecule has 4 nitrogen and oxygen atoms in total. The topological polar surface area (TPSA) is 28.6 Å². The fraction of sp³-hybridized carbons (Fsp3) is 0.182. The first-order valence-electron chi connectivity index (χ1n) is 14.4. The van der Waals surface area contributed by atoms with Crippen LogP contribution in [-0.4, -0.2) is 23.5 Å². The Morgan fingerprint density at radius 1 is 0.872 bits per heavy atom. The van der Waals surface area contributed by atoms with E-state index < -0.39 is 6.98 Å². The zero-order valence-corrected chi connectivity index (χ0v) is 23.6. The highest BCUT2D eigenvalue weighted by Gasteiger charge is 2.21. The van der Waals surface area contributed by atoms with E-state index in [1.54, 1.807) is 23.7 Å². The molecular weight excluding hydrogens is 519 g/mol. The molecule has 0 radical (unpaired) electrons. The lowest BCUT2D eigenvalue weighted by Gasteiger charge is -2.19. The summed E-state index contributed by atoms with van der Waals surface area (Å²) in [6.45, 7) is 4.77. The molecule has 1 aliphatic heterocycles. The summed E-state index contributed by atoms with van der Waals surface area (Å²) in [5.41, 5.74) is 4.23. The highest BCUT2D eigenvalue weighted by Crippen LogP contribution is 2.48. The highest BCUT2D eigenvalue weighted by molar-refractivity contribution is 7.27. The smallest absolute Gasteiger partial charge is 0.182 e. The summed E-state index contributed by atoms with van der Waals surface area (Å²) in [7, 11) is 0. The standard InChI is InChI=1S/C33H29N3OS2/c1-33(2,3)21-12-13-34-27(16-21)31-26-19-30(37-23-9-7-8-22(17-23)36-15-14-35(4)20-36)38-29(26)18-25-24-10-5-6-11-28(24)39-32(25)31/h5-19H,20H2,1-4H3/i4D3. The quantitative estimate of drug-likeness (QED) is 0.218. The number of aromatic nitrogens is 1. The molecule has 3 aromatic carbocycles. The van der Waals surface area contributed by atoms with Gasteiger partial charge < -0.3 is 14.5 Å². The summed E-state index contributed by atoms with van der Waals surface area (Å²) < 4.78 is 33.1. The molecule has 0 saturated heterocycles. The summed E-state index contributed by atoms with van der Waals surface area (Å²) in [6, 6.07) is 25.1. The molecule has 0 fully saturated rings. The van der Waals surface area contributed by atoms with Crippen molar-refractivity contribution in [2.45, 2.75) is 26.2 Å². The van der Waals surface area contributed by atoms with E-state index in [-0.39, 0.29) is 12.1 Å². The van der Waals surface area contributed by atoms with Crippen molar-refractivity contribution in [2.24, 2.45) is 0 Å². The Morgan fingerprint density at radius 2 is 1.77 bits per heavy atom. The molecule has 3 aromatic heterocycles. The molecule has 39 heavy (non-hydrogen) atoms. The Hall–Kier alpha value is -3.87. The number of nitrogens with zero attached hydrogens (tertiary/aromatic N) is 3. The number of hydrogen-bond donors (Lipinski definition) is 0. The molecule has 0 N–H and O–H groups in total. The monoisotopic (exact) mass is 550 g/mol. The number of hydrogen-bond acceptors (Lipinski definition) is 6. The number of fused-ring (bicyclic) bond motifs is 4. The highest BCUT2D eigenvalue weighted by atomic mass is 32.1. The van der Waals surface area contributed by atoms with Crippen LogP contribution in [0.25, 0.3) is 41.5 Å². The van der Waals surface area contributed by atoms with E-state index in [9.17, 15) is 0 Å². The lowest BCUT2D eigenvalue weighted by atomic mass is 9.86. The first-order chi connectivity index (χ1) is 20.0. The molecule has 0 atom stereocenters. The second-order valence-electron chi connectivity index (χ2n) is 10.9. The molecule has 0 spiro atoms. The minimum atomic E-state index is -2.17. The van der Waals surface area contributed by atoms with E-state index in [1.165, 1.54) is 30.6 Å². The van der Waals surface area contributed by atoms with Gasteiger partial charge in [-0.1, -0.05) is 56.4 Å². The SMILES string of the molecule is [2H]C([2H])([2H])N1C=CN(c2cccc(Oc3cc4c(-c5cc(C(C)(C)C)ccn5)c5sc6ccccc6c5cc4s3)c2)C1. The third-order valence-electron chi connectivity index (χ3n) is 7.12. The molecule has 7 rings (SSSR count).